The highest BCUT2D eigenvalue weighted by Gasteiger charge is 2.26. The van der Waals surface area contributed by atoms with Gasteiger partial charge >= 0.3 is 0 Å². The smallest absolute Gasteiger partial charge is 0.243 e. The topological polar surface area (TPSA) is 69.2 Å². The highest BCUT2D eigenvalue weighted by molar-refractivity contribution is 14.0. The van der Waals surface area contributed by atoms with Crippen molar-refractivity contribution in [1.29, 1.82) is 0 Å². The van der Waals surface area contributed by atoms with E-state index < -0.39 is 0 Å². The van der Waals surface area contributed by atoms with Gasteiger partial charge in [-0.1, -0.05) is 12.8 Å². The number of rotatable bonds is 10. The normalized spacial score (nSPS) is 20.8. The number of guanidine groups is 1. The largest absolute Gasteiger partial charge is 0.382 e. The predicted octanol–water partition coefficient (Wildman–Crippen LogP) is 1.92. The Hall–Kier alpha value is -0.610. The lowest BCUT2D eigenvalue weighted by Crippen LogP contribution is -2.45. The first-order valence-electron chi connectivity index (χ1n) is 10.6. The summed E-state index contributed by atoms with van der Waals surface area (Å²) in [6.07, 6.45) is 7.67. The number of nitrogens with one attached hydrogen (secondary N) is 2. The quantitative estimate of drug-likeness (QED) is 0.204. The van der Waals surface area contributed by atoms with Crippen LogP contribution >= 0.6 is 24.0 Å². The molecule has 1 unspecified atom stereocenters. The zero-order valence-electron chi connectivity index (χ0n) is 17.9. The maximum Gasteiger partial charge on any atom is 0.243 e. The van der Waals surface area contributed by atoms with Crippen molar-refractivity contribution in [3.8, 4) is 0 Å². The van der Waals surface area contributed by atoms with Gasteiger partial charge in [0, 0.05) is 59.5 Å². The number of nitrogens with zero attached hydrogens (tertiary/aromatic N) is 3. The van der Waals surface area contributed by atoms with Crippen LogP contribution in [0.3, 0.4) is 0 Å². The molecule has 1 saturated carbocycles. The van der Waals surface area contributed by atoms with E-state index >= 15 is 0 Å². The summed E-state index contributed by atoms with van der Waals surface area (Å²) in [5, 5.41) is 6.90. The second-order valence-electron chi connectivity index (χ2n) is 7.97. The van der Waals surface area contributed by atoms with Crippen molar-refractivity contribution in [1.82, 2.24) is 20.4 Å². The molecule has 0 spiro atoms. The van der Waals surface area contributed by atoms with Crippen LogP contribution in [0, 0.1) is 5.92 Å². The minimum atomic E-state index is 0. The number of aliphatic imine (C=N–C) groups is 1. The summed E-state index contributed by atoms with van der Waals surface area (Å²) in [5.74, 6) is 1.65. The lowest BCUT2D eigenvalue weighted by molar-refractivity contribution is -0.127. The second kappa shape index (κ2) is 14.4. The third kappa shape index (κ3) is 9.73. The maximum absolute atomic E-state index is 11.9. The summed E-state index contributed by atoms with van der Waals surface area (Å²) in [6, 6.07) is 0.402. The Morgan fingerprint density at radius 3 is 2.68 bits per heavy atom. The molecule has 2 aliphatic rings. The number of carbonyl (C=O) groups excluding carboxylic acids is 1. The lowest BCUT2D eigenvalue weighted by atomic mass is 10.1. The molecule has 2 rings (SSSR count). The number of halogens is 1. The Morgan fingerprint density at radius 2 is 2.00 bits per heavy atom. The molecular weight excluding hydrogens is 469 g/mol. The average molecular weight is 509 g/mol. The Labute approximate surface area is 188 Å². The lowest BCUT2D eigenvalue weighted by Gasteiger charge is -2.21. The van der Waals surface area contributed by atoms with E-state index in [0.717, 1.165) is 57.6 Å². The van der Waals surface area contributed by atoms with Crippen LogP contribution in [0.15, 0.2) is 4.99 Å². The van der Waals surface area contributed by atoms with E-state index in [2.05, 4.69) is 20.5 Å². The van der Waals surface area contributed by atoms with Crippen LogP contribution in [-0.2, 0) is 9.53 Å². The third-order valence-electron chi connectivity index (χ3n) is 5.44. The second-order valence-corrected chi connectivity index (χ2v) is 7.97. The molecule has 0 bridgehead atoms. The standard InChI is InChI=1S/C20H39N5O2.HI/c1-4-27-13-7-11-21-20(22-14-19(26)24(2)3)23-18-10-12-25(16-18)15-17-8-5-6-9-17;/h17-18H,4-16H2,1-3H3,(H2,21,22,23);1H. The van der Waals surface area contributed by atoms with Gasteiger partial charge in [0.25, 0.3) is 0 Å². The van der Waals surface area contributed by atoms with Crippen molar-refractivity contribution in [2.24, 2.45) is 10.9 Å². The van der Waals surface area contributed by atoms with Gasteiger partial charge in [0.05, 0.1) is 0 Å². The van der Waals surface area contributed by atoms with Crippen molar-refractivity contribution in [2.45, 2.75) is 51.5 Å². The first kappa shape index (κ1) is 25.4. The van der Waals surface area contributed by atoms with Crippen molar-refractivity contribution in [3.63, 3.8) is 0 Å². The average Bonchev–Trinajstić information content (AvgIpc) is 3.31. The third-order valence-corrected chi connectivity index (χ3v) is 5.44. The fraction of sp³-hybridized carbons (Fsp3) is 0.900. The summed E-state index contributed by atoms with van der Waals surface area (Å²) < 4.78 is 5.39. The van der Waals surface area contributed by atoms with Gasteiger partial charge in [0.15, 0.2) is 5.96 Å². The summed E-state index contributed by atoms with van der Waals surface area (Å²) in [6.45, 7) is 7.92. The molecule has 0 radical (unpaired) electrons. The van der Waals surface area contributed by atoms with Crippen LogP contribution in [0.1, 0.15) is 45.4 Å². The number of hydrogen-bond acceptors (Lipinski definition) is 4. The monoisotopic (exact) mass is 509 g/mol. The summed E-state index contributed by atoms with van der Waals surface area (Å²) in [5.41, 5.74) is 0. The van der Waals surface area contributed by atoms with Gasteiger partial charge in [0.1, 0.15) is 6.54 Å². The van der Waals surface area contributed by atoms with Crippen LogP contribution in [0.25, 0.3) is 0 Å². The molecule has 1 heterocycles. The number of likely N-dealkylation sites (N-methyl/N-ethyl adjacent to an activating group) is 1. The van der Waals surface area contributed by atoms with E-state index in [0.29, 0.717) is 6.04 Å². The molecule has 0 aromatic rings. The van der Waals surface area contributed by atoms with Gasteiger partial charge in [0.2, 0.25) is 5.91 Å². The summed E-state index contributed by atoms with van der Waals surface area (Å²) >= 11 is 0. The molecule has 0 aromatic carbocycles. The minimum Gasteiger partial charge on any atom is -0.382 e. The van der Waals surface area contributed by atoms with Crippen LogP contribution in [-0.4, -0.2) is 87.7 Å². The van der Waals surface area contributed by atoms with E-state index in [9.17, 15) is 4.79 Å². The van der Waals surface area contributed by atoms with E-state index in [1.165, 1.54) is 32.2 Å². The van der Waals surface area contributed by atoms with Gasteiger partial charge in [-0.2, -0.15) is 0 Å². The number of ether oxygens (including phenoxy) is 1. The molecule has 1 aliphatic heterocycles. The number of carbonyl (C=O) groups is 1. The molecular formula is C20H40IN5O2. The van der Waals surface area contributed by atoms with Crippen molar-refractivity contribution in [3.05, 3.63) is 0 Å². The highest BCUT2D eigenvalue weighted by Crippen LogP contribution is 2.26. The molecule has 7 nitrogen and oxygen atoms in total. The number of hydrogen-bond donors (Lipinski definition) is 2. The molecule has 1 atom stereocenters. The van der Waals surface area contributed by atoms with Gasteiger partial charge < -0.3 is 25.2 Å². The van der Waals surface area contributed by atoms with Crippen LogP contribution < -0.4 is 10.6 Å². The first-order chi connectivity index (χ1) is 13.1. The van der Waals surface area contributed by atoms with E-state index in [1.54, 1.807) is 19.0 Å². The fourth-order valence-corrected chi connectivity index (χ4v) is 3.83. The molecule has 2 N–H and O–H groups in total. The number of likely N-dealkylation sites (tertiary alicyclic amines) is 1. The molecule has 1 saturated heterocycles. The van der Waals surface area contributed by atoms with E-state index in [-0.39, 0.29) is 36.4 Å². The maximum atomic E-state index is 11.9. The van der Waals surface area contributed by atoms with E-state index in [1.807, 2.05) is 6.92 Å². The SMILES string of the molecule is CCOCCCNC(=NCC(=O)N(C)C)NC1CCN(CC2CCCC2)C1.I. The molecule has 2 fully saturated rings. The number of amides is 1. The van der Waals surface area contributed by atoms with Gasteiger partial charge in [-0.05, 0) is 38.5 Å². The van der Waals surface area contributed by atoms with E-state index in [4.69, 9.17) is 4.74 Å². The van der Waals surface area contributed by atoms with Crippen LogP contribution in [0.5, 0.6) is 0 Å². The molecule has 1 amide bonds. The summed E-state index contributed by atoms with van der Waals surface area (Å²) in [7, 11) is 3.52. The Bertz CT molecular complexity index is 470. The van der Waals surface area contributed by atoms with Crippen LogP contribution in [0.4, 0.5) is 0 Å². The Morgan fingerprint density at radius 1 is 1.25 bits per heavy atom. The Balaban J connectivity index is 0.00000392. The predicted molar refractivity (Wildman–Crippen MR) is 125 cm³/mol. The molecule has 28 heavy (non-hydrogen) atoms. The van der Waals surface area contributed by atoms with Gasteiger partial charge in [-0.15, -0.1) is 24.0 Å². The molecule has 8 heteroatoms. The molecule has 1 aliphatic carbocycles. The molecule has 164 valence electrons. The minimum absolute atomic E-state index is 0. The zero-order valence-corrected chi connectivity index (χ0v) is 20.2. The van der Waals surface area contributed by atoms with Crippen LogP contribution in [0.2, 0.25) is 0 Å². The van der Waals surface area contributed by atoms with Crippen molar-refractivity contribution >= 4 is 35.8 Å². The first-order valence-corrected chi connectivity index (χ1v) is 10.6. The highest BCUT2D eigenvalue weighted by atomic mass is 127. The van der Waals surface area contributed by atoms with Gasteiger partial charge in [-0.3, -0.25) is 4.79 Å². The zero-order chi connectivity index (χ0) is 19.5. The van der Waals surface area contributed by atoms with Crippen molar-refractivity contribution in [2.75, 3.05) is 60.0 Å². The Kier molecular flexibility index (Phi) is 13.1. The fourth-order valence-electron chi connectivity index (χ4n) is 3.83. The summed E-state index contributed by atoms with van der Waals surface area (Å²) in [4.78, 5) is 20.5. The van der Waals surface area contributed by atoms with Crippen molar-refractivity contribution < 1.29 is 9.53 Å². The van der Waals surface area contributed by atoms with Gasteiger partial charge in [-0.25, -0.2) is 4.99 Å². The molecule has 0 aromatic heterocycles.